The Morgan fingerprint density at radius 2 is 1.62 bits per heavy atom. The molecule has 0 saturated heterocycles. The van der Waals surface area contributed by atoms with Crippen LogP contribution in [-0.4, -0.2) is 31.6 Å². The average molecular weight is 421 g/mol. The zero-order valence-electron chi connectivity index (χ0n) is 20.1. The second-order valence-corrected chi connectivity index (χ2v) is 17.1. The molecule has 0 spiro atoms. The molecule has 2 aliphatic carbocycles. The van der Waals surface area contributed by atoms with Gasteiger partial charge in [-0.15, -0.1) is 0 Å². The zero-order chi connectivity index (χ0) is 22.2. The van der Waals surface area contributed by atoms with Gasteiger partial charge in [0.1, 0.15) is 17.6 Å². The van der Waals surface area contributed by atoms with Crippen LogP contribution in [0.2, 0.25) is 18.1 Å². The summed E-state index contributed by atoms with van der Waals surface area (Å²) < 4.78 is 13.3. The van der Waals surface area contributed by atoms with E-state index in [2.05, 4.69) is 54.6 Å². The highest BCUT2D eigenvalue weighted by atomic mass is 28.4. The minimum Gasteiger partial charge on any atom is -0.482 e. The lowest BCUT2D eigenvalue weighted by atomic mass is 9.49. The Labute approximate surface area is 177 Å². The third-order valence-corrected chi connectivity index (χ3v) is 13.0. The Balaban J connectivity index is 2.17. The van der Waals surface area contributed by atoms with E-state index in [9.17, 15) is 9.59 Å². The molecule has 0 N–H and O–H groups in total. The van der Waals surface area contributed by atoms with Gasteiger partial charge in [0.25, 0.3) is 0 Å². The van der Waals surface area contributed by atoms with Crippen molar-refractivity contribution in [2.24, 2.45) is 16.7 Å². The maximum absolute atomic E-state index is 13.3. The van der Waals surface area contributed by atoms with Crippen molar-refractivity contribution in [2.45, 2.75) is 111 Å². The minimum absolute atomic E-state index is 0.0201. The van der Waals surface area contributed by atoms with E-state index in [1.165, 1.54) is 0 Å². The molecule has 29 heavy (non-hydrogen) atoms. The van der Waals surface area contributed by atoms with Gasteiger partial charge in [0.05, 0.1) is 5.41 Å². The molecule has 3 atom stereocenters. The Morgan fingerprint density at radius 3 is 2.17 bits per heavy atom. The average Bonchev–Trinajstić information content (AvgIpc) is 2.54. The maximum atomic E-state index is 13.3. The van der Waals surface area contributed by atoms with Crippen molar-refractivity contribution in [3.63, 3.8) is 0 Å². The predicted molar refractivity (Wildman–Crippen MR) is 118 cm³/mol. The molecular weight excluding hydrogens is 380 g/mol. The van der Waals surface area contributed by atoms with Crippen LogP contribution < -0.4 is 0 Å². The summed E-state index contributed by atoms with van der Waals surface area (Å²) in [5.74, 6) is 1.25. The van der Waals surface area contributed by atoms with Crippen LogP contribution in [-0.2, 0) is 18.8 Å². The van der Waals surface area contributed by atoms with Gasteiger partial charge >= 0.3 is 0 Å². The normalized spacial score (nSPS) is 34.4. The molecule has 0 bridgehead atoms. The highest BCUT2D eigenvalue weighted by molar-refractivity contribution is 6.74. The summed E-state index contributed by atoms with van der Waals surface area (Å²) in [6.45, 7) is 21.5. The lowest BCUT2D eigenvalue weighted by molar-refractivity contribution is -0.151. The predicted octanol–water partition coefficient (Wildman–Crippen LogP) is 5.81. The van der Waals surface area contributed by atoms with Crippen molar-refractivity contribution in [3.05, 3.63) is 11.3 Å². The fraction of sp³-hybridized carbons (Fsp3) is 0.833. The molecule has 0 aromatic rings. The van der Waals surface area contributed by atoms with E-state index in [0.717, 1.165) is 24.2 Å². The van der Waals surface area contributed by atoms with Crippen molar-refractivity contribution < 1.29 is 18.8 Å². The molecule has 1 aliphatic heterocycles. The Morgan fingerprint density at radius 1 is 1.03 bits per heavy atom. The summed E-state index contributed by atoms with van der Waals surface area (Å²) in [6.07, 6.45) is 2.37. The zero-order valence-corrected chi connectivity index (χ0v) is 21.1. The first-order valence-electron chi connectivity index (χ1n) is 11.1. The molecule has 3 rings (SSSR count). The topological polar surface area (TPSA) is 52.6 Å². The van der Waals surface area contributed by atoms with E-state index in [4.69, 9.17) is 9.16 Å². The lowest BCUT2D eigenvalue weighted by Gasteiger charge is -2.57. The van der Waals surface area contributed by atoms with Gasteiger partial charge in [0.15, 0.2) is 19.7 Å². The third kappa shape index (κ3) is 3.46. The quantitative estimate of drug-likeness (QED) is 0.529. The number of Topliss-reactive ketones (excluding diaryl/α,β-unsaturated/α-hetero) is 2. The van der Waals surface area contributed by atoms with Gasteiger partial charge in [-0.3, -0.25) is 9.59 Å². The summed E-state index contributed by atoms with van der Waals surface area (Å²) in [4.78, 5) is 26.2. The van der Waals surface area contributed by atoms with Gasteiger partial charge in [-0.1, -0.05) is 34.6 Å². The van der Waals surface area contributed by atoms with Crippen LogP contribution in [0.3, 0.4) is 0 Å². The van der Waals surface area contributed by atoms with Crippen LogP contribution in [0.15, 0.2) is 11.3 Å². The van der Waals surface area contributed by atoms with Crippen molar-refractivity contribution in [3.8, 4) is 0 Å². The Bertz CT molecular complexity index is 768. The monoisotopic (exact) mass is 420 g/mol. The van der Waals surface area contributed by atoms with Gasteiger partial charge < -0.3 is 9.16 Å². The number of fused-ring (bicyclic) bond motifs is 2. The van der Waals surface area contributed by atoms with Crippen molar-refractivity contribution in [2.75, 3.05) is 0 Å². The number of carbonyl (C=O) groups excluding carboxylic acids is 2. The van der Waals surface area contributed by atoms with Crippen molar-refractivity contribution in [1.29, 1.82) is 0 Å². The number of hydrogen-bond donors (Lipinski definition) is 0. The highest BCUT2D eigenvalue weighted by Crippen LogP contribution is 2.61. The number of rotatable bonds is 2. The molecule has 164 valence electrons. The first-order chi connectivity index (χ1) is 12.9. The summed E-state index contributed by atoms with van der Waals surface area (Å²) in [5.41, 5.74) is -0.577. The van der Waals surface area contributed by atoms with Gasteiger partial charge in [-0.2, -0.15) is 0 Å². The van der Waals surface area contributed by atoms with Gasteiger partial charge in [-0.25, -0.2) is 0 Å². The minimum atomic E-state index is -2.06. The van der Waals surface area contributed by atoms with Crippen LogP contribution in [0, 0.1) is 16.7 Å². The van der Waals surface area contributed by atoms with E-state index in [-0.39, 0.29) is 34.0 Å². The molecule has 0 aromatic carbocycles. The van der Waals surface area contributed by atoms with Crippen LogP contribution in [0.25, 0.3) is 0 Å². The summed E-state index contributed by atoms with van der Waals surface area (Å²) >= 11 is 0. The van der Waals surface area contributed by atoms with E-state index >= 15 is 0 Å². The third-order valence-electron chi connectivity index (χ3n) is 8.50. The highest BCUT2D eigenvalue weighted by Gasteiger charge is 2.61. The summed E-state index contributed by atoms with van der Waals surface area (Å²) in [5, 5.41) is 0.0758. The molecule has 0 unspecified atom stereocenters. The van der Waals surface area contributed by atoms with Crippen LogP contribution in [0.4, 0.5) is 0 Å². The molecule has 0 radical (unpaired) electrons. The number of allylic oxidation sites excluding steroid dienone is 1. The molecule has 1 fully saturated rings. The van der Waals surface area contributed by atoms with Crippen LogP contribution in [0.1, 0.15) is 81.1 Å². The Kier molecular flexibility index (Phi) is 5.12. The summed E-state index contributed by atoms with van der Waals surface area (Å²) in [7, 11) is -2.06. The Hall–Kier alpha value is -0.943. The largest absolute Gasteiger partial charge is 0.482 e. The smallest absolute Gasteiger partial charge is 0.193 e. The molecular formula is C24H40O4Si. The molecule has 1 heterocycles. The number of ether oxygens (including phenoxy) is 1. The molecule has 0 aromatic heterocycles. The number of hydrogen-bond acceptors (Lipinski definition) is 4. The standard InChI is InChI=1S/C24H40O4Si/c1-21(2,3)29(9,10)28-16-14-17-22(4,5)12-11-18(25)24(17,8)15-13-19(26)23(6,7)27-20(15)16/h16-17H,11-14H2,1-10H3/t16-,17-,24-/m1/s1. The summed E-state index contributed by atoms with van der Waals surface area (Å²) in [6, 6.07) is 0. The van der Waals surface area contributed by atoms with Crippen molar-refractivity contribution in [1.82, 2.24) is 0 Å². The van der Waals surface area contributed by atoms with E-state index < -0.39 is 19.3 Å². The van der Waals surface area contributed by atoms with Crippen molar-refractivity contribution >= 4 is 19.9 Å². The first kappa shape index (κ1) is 22.7. The van der Waals surface area contributed by atoms with E-state index in [1.807, 2.05) is 13.8 Å². The van der Waals surface area contributed by atoms with E-state index in [1.54, 1.807) is 0 Å². The fourth-order valence-corrected chi connectivity index (χ4v) is 6.56. The first-order valence-corrected chi connectivity index (χ1v) is 14.0. The van der Waals surface area contributed by atoms with Crippen LogP contribution >= 0.6 is 0 Å². The maximum Gasteiger partial charge on any atom is 0.193 e. The lowest BCUT2D eigenvalue weighted by Crippen LogP contribution is -2.58. The van der Waals surface area contributed by atoms with Gasteiger partial charge in [0, 0.05) is 12.8 Å². The molecule has 1 saturated carbocycles. The molecule has 0 amide bonds. The second-order valence-electron chi connectivity index (χ2n) is 12.3. The van der Waals surface area contributed by atoms with Gasteiger partial charge in [-0.05, 0) is 68.7 Å². The number of carbonyl (C=O) groups is 2. The molecule has 5 heteroatoms. The molecule has 3 aliphatic rings. The molecule has 4 nitrogen and oxygen atoms in total. The number of ketones is 2. The van der Waals surface area contributed by atoms with E-state index in [0.29, 0.717) is 12.8 Å². The fourth-order valence-electron chi connectivity index (χ4n) is 5.29. The SMILES string of the molecule is CC1(C)OC2=C(CC1=O)[C@@]1(C)C(=O)CCC(C)(C)[C@H]1C[C@H]2O[Si](C)(C)C(C)(C)C. The van der Waals surface area contributed by atoms with Crippen LogP contribution in [0.5, 0.6) is 0 Å². The second kappa shape index (κ2) is 6.53. The van der Waals surface area contributed by atoms with Gasteiger partial charge in [0.2, 0.25) is 0 Å².